The van der Waals surface area contributed by atoms with Crippen LogP contribution in [0.4, 0.5) is 5.69 Å². The molecule has 5 aromatic rings. The van der Waals surface area contributed by atoms with Gasteiger partial charge in [0.25, 0.3) is 0 Å². The zero-order valence-corrected chi connectivity index (χ0v) is 15.8. The lowest BCUT2D eigenvalue weighted by atomic mass is 10.1. The van der Waals surface area contributed by atoms with Gasteiger partial charge in [-0.2, -0.15) is 0 Å². The molecular weight excluding hydrogens is 390 g/mol. The van der Waals surface area contributed by atoms with Gasteiger partial charge in [0.05, 0.1) is 12.0 Å². The molecule has 0 unspecified atom stereocenters. The summed E-state index contributed by atoms with van der Waals surface area (Å²) in [6, 6.07) is 16.9. The number of anilines is 1. The minimum atomic E-state index is -0.176. The van der Waals surface area contributed by atoms with Crippen molar-refractivity contribution in [3.63, 3.8) is 0 Å². The SMILES string of the molecule is Nn1c(SCC(=O)Nc2ccc3oc4ccccc4c3c2)nnc1-c1ccco1. The number of carbonyl (C=O) groups is 1. The van der Waals surface area contributed by atoms with Gasteiger partial charge in [0.2, 0.25) is 16.9 Å². The molecule has 0 fully saturated rings. The van der Waals surface area contributed by atoms with Crippen LogP contribution in [-0.2, 0) is 4.79 Å². The highest BCUT2D eigenvalue weighted by Gasteiger charge is 2.16. The van der Waals surface area contributed by atoms with Crippen LogP contribution in [-0.4, -0.2) is 26.5 Å². The molecule has 3 heterocycles. The van der Waals surface area contributed by atoms with Gasteiger partial charge in [-0.3, -0.25) is 4.79 Å². The fourth-order valence-corrected chi connectivity index (χ4v) is 3.74. The Morgan fingerprint density at radius 1 is 1.07 bits per heavy atom. The van der Waals surface area contributed by atoms with Crippen LogP contribution in [0.15, 0.2) is 74.9 Å². The quantitative estimate of drug-likeness (QED) is 0.337. The van der Waals surface area contributed by atoms with Crippen LogP contribution in [0, 0.1) is 0 Å². The van der Waals surface area contributed by atoms with Crippen molar-refractivity contribution in [2.75, 3.05) is 16.9 Å². The number of benzene rings is 2. The Hall–Kier alpha value is -3.72. The molecule has 0 aliphatic carbocycles. The molecule has 0 saturated carbocycles. The van der Waals surface area contributed by atoms with Crippen LogP contribution in [0.5, 0.6) is 0 Å². The van der Waals surface area contributed by atoms with Gasteiger partial charge in [0, 0.05) is 16.5 Å². The molecule has 8 nitrogen and oxygen atoms in total. The summed E-state index contributed by atoms with van der Waals surface area (Å²) in [5, 5.41) is 13.3. The predicted octanol–water partition coefficient (Wildman–Crippen LogP) is 3.88. The molecule has 0 saturated heterocycles. The Bertz CT molecular complexity index is 1320. The van der Waals surface area contributed by atoms with Gasteiger partial charge in [-0.25, -0.2) is 4.68 Å². The topological polar surface area (TPSA) is 112 Å². The zero-order valence-electron chi connectivity index (χ0n) is 15.0. The van der Waals surface area contributed by atoms with Crippen molar-refractivity contribution in [3.8, 4) is 11.6 Å². The van der Waals surface area contributed by atoms with Crippen molar-refractivity contribution in [3.05, 3.63) is 60.9 Å². The molecule has 2 aromatic carbocycles. The van der Waals surface area contributed by atoms with E-state index < -0.39 is 0 Å². The van der Waals surface area contributed by atoms with Crippen molar-refractivity contribution < 1.29 is 13.6 Å². The second-order valence-corrected chi connectivity index (χ2v) is 7.24. The van der Waals surface area contributed by atoms with Gasteiger partial charge in [-0.15, -0.1) is 10.2 Å². The summed E-state index contributed by atoms with van der Waals surface area (Å²) >= 11 is 1.19. The van der Waals surface area contributed by atoms with Crippen molar-refractivity contribution in [1.82, 2.24) is 14.9 Å². The highest BCUT2D eigenvalue weighted by atomic mass is 32.2. The third kappa shape index (κ3) is 3.21. The molecule has 144 valence electrons. The molecule has 1 amide bonds. The van der Waals surface area contributed by atoms with E-state index in [4.69, 9.17) is 14.7 Å². The summed E-state index contributed by atoms with van der Waals surface area (Å²) < 4.78 is 12.4. The normalized spacial score (nSPS) is 11.3. The van der Waals surface area contributed by atoms with Crippen LogP contribution in [0.1, 0.15) is 0 Å². The highest BCUT2D eigenvalue weighted by Crippen LogP contribution is 2.30. The van der Waals surface area contributed by atoms with Crippen molar-refractivity contribution in [2.24, 2.45) is 0 Å². The number of hydrogen-bond donors (Lipinski definition) is 2. The van der Waals surface area contributed by atoms with Gasteiger partial charge in [-0.05, 0) is 36.4 Å². The number of nitrogens with zero attached hydrogens (tertiary/aromatic N) is 3. The molecule has 9 heteroatoms. The highest BCUT2D eigenvalue weighted by molar-refractivity contribution is 7.99. The molecule has 0 atom stereocenters. The number of nitrogens with two attached hydrogens (primary N) is 1. The first-order chi connectivity index (χ1) is 14.2. The summed E-state index contributed by atoms with van der Waals surface area (Å²) in [7, 11) is 0. The smallest absolute Gasteiger partial charge is 0.234 e. The number of nitrogen functional groups attached to an aromatic ring is 1. The van der Waals surface area contributed by atoms with Crippen molar-refractivity contribution in [2.45, 2.75) is 5.16 Å². The van der Waals surface area contributed by atoms with Crippen LogP contribution >= 0.6 is 11.8 Å². The Morgan fingerprint density at radius 2 is 1.93 bits per heavy atom. The van der Waals surface area contributed by atoms with Gasteiger partial charge in [0.1, 0.15) is 11.2 Å². The number of amides is 1. The van der Waals surface area contributed by atoms with Crippen molar-refractivity contribution in [1.29, 1.82) is 0 Å². The Labute approximate surface area is 168 Å². The fourth-order valence-electron chi connectivity index (χ4n) is 3.08. The molecule has 0 radical (unpaired) electrons. The van der Waals surface area contributed by atoms with Crippen LogP contribution < -0.4 is 11.2 Å². The maximum Gasteiger partial charge on any atom is 0.234 e. The summed E-state index contributed by atoms with van der Waals surface area (Å²) in [5.74, 6) is 6.88. The van der Waals surface area contributed by atoms with E-state index in [0.717, 1.165) is 21.9 Å². The number of furan rings is 2. The molecule has 3 N–H and O–H groups in total. The molecule has 0 aliphatic rings. The average molecular weight is 405 g/mol. The third-order valence-corrected chi connectivity index (χ3v) is 5.34. The maximum absolute atomic E-state index is 12.4. The molecule has 3 aromatic heterocycles. The molecular formula is C20H15N5O3S. The number of para-hydroxylation sites is 1. The van der Waals surface area contributed by atoms with Crippen LogP contribution in [0.25, 0.3) is 33.5 Å². The number of fused-ring (bicyclic) bond motifs is 3. The minimum Gasteiger partial charge on any atom is -0.461 e. The van der Waals surface area contributed by atoms with E-state index in [-0.39, 0.29) is 11.7 Å². The van der Waals surface area contributed by atoms with Crippen LogP contribution in [0.3, 0.4) is 0 Å². The summed E-state index contributed by atoms with van der Waals surface area (Å²) in [6.45, 7) is 0. The Kier molecular flexibility index (Phi) is 4.21. The number of carbonyl (C=O) groups excluding carboxylic acids is 1. The largest absolute Gasteiger partial charge is 0.461 e. The van der Waals surface area contributed by atoms with Crippen LogP contribution in [0.2, 0.25) is 0 Å². The minimum absolute atomic E-state index is 0.137. The molecule has 0 aliphatic heterocycles. The average Bonchev–Trinajstić information content (AvgIpc) is 3.45. The lowest BCUT2D eigenvalue weighted by Gasteiger charge is -2.05. The molecule has 0 bridgehead atoms. The van der Waals surface area contributed by atoms with E-state index in [1.165, 1.54) is 22.7 Å². The Balaban J connectivity index is 1.29. The standard InChI is InChI=1S/C20H15N5O3S/c21-25-19(17-6-3-9-27-17)23-24-20(25)29-11-18(26)22-12-7-8-16-14(10-12)13-4-1-2-5-15(13)28-16/h1-10H,11,21H2,(H,22,26). The Morgan fingerprint density at radius 3 is 2.79 bits per heavy atom. The fraction of sp³-hybridized carbons (Fsp3) is 0.0500. The number of rotatable bonds is 5. The molecule has 5 rings (SSSR count). The zero-order chi connectivity index (χ0) is 19.8. The van der Waals surface area contributed by atoms with E-state index in [9.17, 15) is 4.79 Å². The van der Waals surface area contributed by atoms with Gasteiger partial charge < -0.3 is 20.0 Å². The van der Waals surface area contributed by atoms with Gasteiger partial charge in [-0.1, -0.05) is 30.0 Å². The molecule has 0 spiro atoms. The first kappa shape index (κ1) is 17.4. The summed E-state index contributed by atoms with van der Waals surface area (Å²) in [5.41, 5.74) is 2.29. The van der Waals surface area contributed by atoms with E-state index in [0.29, 0.717) is 22.4 Å². The van der Waals surface area contributed by atoms with E-state index in [1.54, 1.807) is 12.1 Å². The first-order valence-electron chi connectivity index (χ1n) is 8.77. The van der Waals surface area contributed by atoms with E-state index in [2.05, 4.69) is 15.5 Å². The van der Waals surface area contributed by atoms with Gasteiger partial charge in [0.15, 0.2) is 5.76 Å². The number of nitrogens with one attached hydrogen (secondary N) is 1. The van der Waals surface area contributed by atoms with Gasteiger partial charge >= 0.3 is 0 Å². The number of hydrogen-bond acceptors (Lipinski definition) is 7. The lowest BCUT2D eigenvalue weighted by Crippen LogP contribution is -2.16. The second-order valence-electron chi connectivity index (χ2n) is 6.30. The maximum atomic E-state index is 12.4. The number of thioether (sulfide) groups is 1. The first-order valence-corrected chi connectivity index (χ1v) is 9.76. The van der Waals surface area contributed by atoms with E-state index in [1.807, 2.05) is 42.5 Å². The van der Waals surface area contributed by atoms with E-state index >= 15 is 0 Å². The predicted molar refractivity (Wildman–Crippen MR) is 111 cm³/mol. The lowest BCUT2D eigenvalue weighted by molar-refractivity contribution is -0.113. The van der Waals surface area contributed by atoms with Crippen molar-refractivity contribution >= 4 is 45.3 Å². The third-order valence-electron chi connectivity index (χ3n) is 4.40. The second kappa shape index (κ2) is 7.02. The monoisotopic (exact) mass is 405 g/mol. The summed E-state index contributed by atoms with van der Waals surface area (Å²) in [4.78, 5) is 12.4. The number of aromatic nitrogens is 3. The molecule has 29 heavy (non-hydrogen) atoms. The summed E-state index contributed by atoms with van der Waals surface area (Å²) in [6.07, 6.45) is 1.53.